The second-order valence-corrected chi connectivity index (χ2v) is 19.0. The van der Waals surface area contributed by atoms with Crippen LogP contribution in [0.4, 0.5) is 0 Å². The van der Waals surface area contributed by atoms with E-state index in [9.17, 15) is 5.11 Å². The van der Waals surface area contributed by atoms with Gasteiger partial charge in [-0.05, 0) is 77.3 Å². The molecule has 1 radical (unpaired) electrons. The Morgan fingerprint density at radius 2 is 1.67 bits per heavy atom. The third-order valence-corrected chi connectivity index (χ3v) is 7.91. The van der Waals surface area contributed by atoms with Crippen molar-refractivity contribution in [1.29, 1.82) is 0 Å². The fraction of sp³-hybridized carbons (Fsp3) is 0.933. The number of hydrogen-bond acceptors (Lipinski definition) is 3. The van der Waals surface area contributed by atoms with E-state index in [1.807, 2.05) is 6.42 Å². The summed E-state index contributed by atoms with van der Waals surface area (Å²) in [4.78, 5) is 0. The van der Waals surface area contributed by atoms with Crippen molar-refractivity contribution < 1.29 is 14.0 Å². The van der Waals surface area contributed by atoms with Crippen molar-refractivity contribution in [1.82, 2.24) is 0 Å². The molecule has 0 aromatic heterocycles. The quantitative estimate of drug-likeness (QED) is 0.567. The van der Waals surface area contributed by atoms with Gasteiger partial charge in [0.1, 0.15) is 5.41 Å². The molecule has 0 aromatic rings. The highest BCUT2D eigenvalue weighted by atomic mass is 28.4. The minimum absolute atomic E-state index is 0.237. The summed E-state index contributed by atoms with van der Waals surface area (Å²) >= 11 is 0. The third kappa shape index (κ3) is 7.56. The zero-order valence-electron chi connectivity index (χ0n) is 15.0. The fourth-order valence-corrected chi connectivity index (χ4v) is 10.2. The van der Waals surface area contributed by atoms with E-state index in [4.69, 9.17) is 8.85 Å². The summed E-state index contributed by atoms with van der Waals surface area (Å²) in [6.07, 6.45) is 5.85. The van der Waals surface area contributed by atoms with Crippen LogP contribution in [0.25, 0.3) is 0 Å². The fourth-order valence-electron chi connectivity index (χ4n) is 3.21. The molecule has 3 nitrogen and oxygen atoms in total. The van der Waals surface area contributed by atoms with Crippen LogP contribution in [0.15, 0.2) is 0 Å². The van der Waals surface area contributed by atoms with E-state index < -0.39 is 26.2 Å². The molecular weight excluding hydrogens is 312 g/mol. The van der Waals surface area contributed by atoms with Crippen LogP contribution >= 0.6 is 0 Å². The Labute approximate surface area is 135 Å². The Morgan fingerprint density at radius 3 is 2.05 bits per heavy atom. The highest BCUT2D eigenvalue weighted by Gasteiger charge is 2.41. The Hall–Kier alpha value is 0.531. The van der Waals surface area contributed by atoms with Crippen LogP contribution in [0.1, 0.15) is 25.7 Å². The highest BCUT2D eigenvalue weighted by Crippen LogP contribution is 2.35. The first kappa shape index (κ1) is 19.6. The molecule has 0 aromatic carbocycles. The summed E-state index contributed by atoms with van der Waals surface area (Å²) in [6.45, 7) is 15.8. The maximum Gasteiger partial charge on any atom is 0.187 e. The van der Waals surface area contributed by atoms with Gasteiger partial charge in [-0.3, -0.25) is 0 Å². The van der Waals surface area contributed by atoms with Crippen molar-refractivity contribution in [3.05, 3.63) is 6.42 Å². The van der Waals surface area contributed by atoms with Gasteiger partial charge >= 0.3 is 0 Å². The third-order valence-electron chi connectivity index (χ3n) is 3.71. The SMILES string of the molecule is C[SiH2]C(CC1CC[CH]C(O)C1)(O[Si](C)(C)C)O[Si](C)(C)C. The summed E-state index contributed by atoms with van der Waals surface area (Å²) < 4.78 is 13.2. The molecule has 0 heterocycles. The largest absolute Gasteiger partial charge is 0.395 e. The van der Waals surface area contributed by atoms with E-state index in [-0.39, 0.29) is 11.5 Å². The van der Waals surface area contributed by atoms with Crippen molar-refractivity contribution in [2.45, 2.75) is 83.0 Å². The van der Waals surface area contributed by atoms with Crippen LogP contribution in [0.3, 0.4) is 0 Å². The summed E-state index contributed by atoms with van der Waals surface area (Å²) in [7, 11) is -3.77. The van der Waals surface area contributed by atoms with Crippen LogP contribution in [0, 0.1) is 12.3 Å². The molecule has 2 atom stereocenters. The summed E-state index contributed by atoms with van der Waals surface area (Å²) in [5.74, 6) is 0.533. The molecule has 0 bridgehead atoms. The van der Waals surface area contributed by atoms with Gasteiger partial charge in [-0.15, -0.1) is 0 Å². The number of aliphatic hydroxyl groups is 1. The Kier molecular flexibility index (Phi) is 6.90. The molecule has 1 N–H and O–H groups in total. The molecule has 1 aliphatic rings. The molecule has 21 heavy (non-hydrogen) atoms. The molecule has 0 amide bonds. The predicted octanol–water partition coefficient (Wildman–Crippen LogP) is 3.32. The second-order valence-electron chi connectivity index (χ2n) is 8.38. The Bertz CT molecular complexity index is 307. The Balaban J connectivity index is 2.88. The van der Waals surface area contributed by atoms with E-state index in [0.29, 0.717) is 5.92 Å². The van der Waals surface area contributed by atoms with Gasteiger partial charge in [-0.2, -0.15) is 0 Å². The van der Waals surface area contributed by atoms with Crippen molar-refractivity contribution in [3.63, 3.8) is 0 Å². The van der Waals surface area contributed by atoms with E-state index in [1.165, 1.54) is 0 Å². The van der Waals surface area contributed by atoms with Crippen LogP contribution in [0.5, 0.6) is 0 Å². The van der Waals surface area contributed by atoms with Crippen LogP contribution in [-0.4, -0.2) is 42.8 Å². The van der Waals surface area contributed by atoms with Crippen molar-refractivity contribution in [3.8, 4) is 0 Å². The first-order valence-electron chi connectivity index (χ1n) is 8.36. The average Bonchev–Trinajstić information content (AvgIpc) is 2.24. The molecule has 0 spiro atoms. The van der Waals surface area contributed by atoms with Gasteiger partial charge in [0.15, 0.2) is 16.6 Å². The normalized spacial score (nSPS) is 25.7. The van der Waals surface area contributed by atoms with Crippen LogP contribution in [-0.2, 0) is 8.85 Å². The molecule has 0 saturated heterocycles. The topological polar surface area (TPSA) is 38.7 Å². The maximum absolute atomic E-state index is 9.91. The minimum atomic E-state index is -1.65. The monoisotopic (exact) mass is 347 g/mol. The molecule has 1 aliphatic carbocycles. The van der Waals surface area contributed by atoms with E-state index >= 15 is 0 Å². The molecular formula is C15H35O3Si3. The zero-order chi connectivity index (χ0) is 16.3. The van der Waals surface area contributed by atoms with Gasteiger partial charge in [0.05, 0.1) is 15.6 Å². The van der Waals surface area contributed by atoms with E-state index in [1.54, 1.807) is 0 Å². The van der Waals surface area contributed by atoms with E-state index in [2.05, 4.69) is 45.8 Å². The number of rotatable bonds is 7. The molecule has 0 aliphatic heterocycles. The molecule has 1 rings (SSSR count). The van der Waals surface area contributed by atoms with Gasteiger partial charge in [-0.1, -0.05) is 6.55 Å². The van der Waals surface area contributed by atoms with Gasteiger partial charge in [0.25, 0.3) is 0 Å². The lowest BCUT2D eigenvalue weighted by Crippen LogP contribution is -2.54. The molecule has 1 fully saturated rings. The van der Waals surface area contributed by atoms with Crippen LogP contribution < -0.4 is 0 Å². The van der Waals surface area contributed by atoms with E-state index in [0.717, 1.165) is 25.7 Å². The highest BCUT2D eigenvalue weighted by molar-refractivity contribution is 6.72. The minimum Gasteiger partial charge on any atom is -0.395 e. The van der Waals surface area contributed by atoms with Gasteiger partial charge < -0.3 is 14.0 Å². The molecule has 2 unspecified atom stereocenters. The Morgan fingerprint density at radius 1 is 1.14 bits per heavy atom. The average molecular weight is 348 g/mol. The van der Waals surface area contributed by atoms with Crippen molar-refractivity contribution >= 4 is 26.2 Å². The standard InChI is InChI=1S/C15H35O3Si3/c1-19-15(17-20(2,3)4,18-21(5,6)7)12-13-9-8-10-14(16)11-13/h10,13-14,16H,8-9,11-12,19H2,1-7H3. The first-order valence-corrected chi connectivity index (χ1v) is 17.3. The maximum atomic E-state index is 9.91. The number of hydrogen-bond donors (Lipinski definition) is 1. The summed E-state index contributed by atoms with van der Waals surface area (Å²) in [6, 6.07) is 0. The lowest BCUT2D eigenvalue weighted by Gasteiger charge is -2.45. The molecule has 125 valence electrons. The smallest absolute Gasteiger partial charge is 0.187 e. The number of aliphatic hydroxyl groups excluding tert-OH is 1. The zero-order valence-corrected chi connectivity index (χ0v) is 18.4. The molecule has 1 saturated carbocycles. The predicted molar refractivity (Wildman–Crippen MR) is 98.3 cm³/mol. The summed E-state index contributed by atoms with van der Waals surface area (Å²) in [5, 5.41) is 9.91. The lowest BCUT2D eigenvalue weighted by molar-refractivity contribution is -0.0769. The molecule has 6 heteroatoms. The van der Waals surface area contributed by atoms with Crippen molar-refractivity contribution in [2.75, 3.05) is 0 Å². The van der Waals surface area contributed by atoms with Gasteiger partial charge in [0, 0.05) is 0 Å². The summed E-state index contributed by atoms with van der Waals surface area (Å²) in [5.41, 5.74) is -0.309. The van der Waals surface area contributed by atoms with Crippen LogP contribution in [0.2, 0.25) is 45.8 Å². The first-order chi connectivity index (χ1) is 9.45. The van der Waals surface area contributed by atoms with Crippen molar-refractivity contribution in [2.24, 2.45) is 5.92 Å². The van der Waals surface area contributed by atoms with Gasteiger partial charge in [0.2, 0.25) is 0 Å². The second kappa shape index (κ2) is 7.40. The lowest BCUT2D eigenvalue weighted by atomic mass is 9.85. The van der Waals surface area contributed by atoms with Gasteiger partial charge in [-0.25, -0.2) is 0 Å².